The van der Waals surface area contributed by atoms with Gasteiger partial charge < -0.3 is 9.47 Å². The monoisotopic (exact) mass is 278 g/mol. The van der Waals surface area contributed by atoms with Crippen LogP contribution in [0.1, 0.15) is 0 Å². The number of para-hydroxylation sites is 1. The molecule has 12 heavy (non-hydrogen) atoms. The molecule has 1 aromatic rings. The topological polar surface area (TPSA) is 18.5 Å². The average Bonchev–Trinajstić information content (AvgIpc) is 2.09. The van der Waals surface area contributed by atoms with Gasteiger partial charge in [0.2, 0.25) is 0 Å². The first-order chi connectivity index (χ1) is 5.84. The molecule has 0 fully saturated rings. The van der Waals surface area contributed by atoms with Gasteiger partial charge in [-0.2, -0.15) is 0 Å². The van der Waals surface area contributed by atoms with Gasteiger partial charge in [-0.3, -0.25) is 0 Å². The van der Waals surface area contributed by atoms with E-state index in [1.54, 1.807) is 7.11 Å². The second-order valence-corrected chi connectivity index (χ2v) is 3.43. The van der Waals surface area contributed by atoms with Crippen LogP contribution in [0.3, 0.4) is 0 Å². The number of ether oxygens (including phenoxy) is 2. The van der Waals surface area contributed by atoms with Crippen molar-refractivity contribution >= 4 is 22.6 Å². The van der Waals surface area contributed by atoms with Gasteiger partial charge in [0, 0.05) is 7.11 Å². The van der Waals surface area contributed by atoms with Gasteiger partial charge >= 0.3 is 0 Å². The molecular formula is C9H11IO2. The molecule has 0 heterocycles. The third kappa shape index (κ3) is 2.98. The van der Waals surface area contributed by atoms with E-state index >= 15 is 0 Å². The highest BCUT2D eigenvalue weighted by Crippen LogP contribution is 2.19. The molecular weight excluding hydrogens is 267 g/mol. The summed E-state index contributed by atoms with van der Waals surface area (Å²) in [6.45, 7) is 1.24. The number of halogens is 1. The molecule has 0 saturated carbocycles. The molecule has 0 saturated heterocycles. The van der Waals surface area contributed by atoms with Gasteiger partial charge in [0.25, 0.3) is 0 Å². The summed E-state index contributed by atoms with van der Waals surface area (Å²) in [7, 11) is 1.67. The van der Waals surface area contributed by atoms with Crippen LogP contribution in [0.15, 0.2) is 24.3 Å². The second kappa shape index (κ2) is 5.37. The summed E-state index contributed by atoms with van der Waals surface area (Å²) in [6.07, 6.45) is 0. The zero-order valence-electron chi connectivity index (χ0n) is 6.92. The van der Waals surface area contributed by atoms with Crippen molar-refractivity contribution in [3.05, 3.63) is 27.8 Å². The SMILES string of the molecule is COCCOc1ccccc1I. The molecule has 0 N–H and O–H groups in total. The number of rotatable bonds is 4. The maximum Gasteiger partial charge on any atom is 0.132 e. The van der Waals surface area contributed by atoms with Crippen molar-refractivity contribution in [3.63, 3.8) is 0 Å². The molecule has 1 aromatic carbocycles. The average molecular weight is 278 g/mol. The Balaban J connectivity index is 2.46. The Morgan fingerprint density at radius 3 is 2.67 bits per heavy atom. The lowest BCUT2D eigenvalue weighted by molar-refractivity contribution is 0.146. The minimum absolute atomic E-state index is 0.608. The first-order valence-electron chi connectivity index (χ1n) is 3.71. The second-order valence-electron chi connectivity index (χ2n) is 2.27. The van der Waals surface area contributed by atoms with Crippen LogP contribution in [0, 0.1) is 3.57 Å². The summed E-state index contributed by atoms with van der Waals surface area (Å²) in [5.74, 6) is 0.926. The highest BCUT2D eigenvalue weighted by Gasteiger charge is 1.97. The van der Waals surface area contributed by atoms with Gasteiger partial charge in [-0.15, -0.1) is 0 Å². The van der Waals surface area contributed by atoms with E-state index in [1.807, 2.05) is 24.3 Å². The summed E-state index contributed by atoms with van der Waals surface area (Å²) in [5, 5.41) is 0. The fraction of sp³-hybridized carbons (Fsp3) is 0.333. The zero-order chi connectivity index (χ0) is 8.81. The number of hydrogen-bond acceptors (Lipinski definition) is 2. The van der Waals surface area contributed by atoms with Gasteiger partial charge in [0.1, 0.15) is 12.4 Å². The molecule has 0 radical (unpaired) electrons. The molecule has 0 aliphatic heterocycles. The molecule has 0 bridgehead atoms. The Morgan fingerprint density at radius 1 is 1.25 bits per heavy atom. The number of hydrogen-bond donors (Lipinski definition) is 0. The zero-order valence-corrected chi connectivity index (χ0v) is 9.08. The normalized spacial score (nSPS) is 9.83. The predicted molar refractivity (Wildman–Crippen MR) is 56.5 cm³/mol. The molecule has 0 aliphatic carbocycles. The van der Waals surface area contributed by atoms with Crippen molar-refractivity contribution in [3.8, 4) is 5.75 Å². The van der Waals surface area contributed by atoms with Crippen LogP contribution in [0.5, 0.6) is 5.75 Å². The van der Waals surface area contributed by atoms with Crippen LogP contribution < -0.4 is 4.74 Å². The van der Waals surface area contributed by atoms with Gasteiger partial charge in [0.15, 0.2) is 0 Å². The maximum absolute atomic E-state index is 5.44. The molecule has 1 rings (SSSR count). The van der Waals surface area contributed by atoms with Crippen LogP contribution in [-0.2, 0) is 4.74 Å². The van der Waals surface area contributed by atoms with E-state index in [2.05, 4.69) is 22.6 Å². The molecule has 0 amide bonds. The van der Waals surface area contributed by atoms with Crippen LogP contribution in [0.25, 0.3) is 0 Å². The molecule has 3 heteroatoms. The lowest BCUT2D eigenvalue weighted by Gasteiger charge is -2.06. The summed E-state index contributed by atoms with van der Waals surface area (Å²) in [5.41, 5.74) is 0. The Hall–Kier alpha value is -0.290. The maximum atomic E-state index is 5.44. The summed E-state index contributed by atoms with van der Waals surface area (Å²) >= 11 is 2.25. The van der Waals surface area contributed by atoms with Crippen molar-refractivity contribution in [1.82, 2.24) is 0 Å². The fourth-order valence-electron chi connectivity index (χ4n) is 0.797. The van der Waals surface area contributed by atoms with Crippen LogP contribution in [-0.4, -0.2) is 20.3 Å². The minimum Gasteiger partial charge on any atom is -0.490 e. The largest absolute Gasteiger partial charge is 0.490 e. The Morgan fingerprint density at radius 2 is 2.00 bits per heavy atom. The van der Waals surface area contributed by atoms with E-state index in [4.69, 9.17) is 9.47 Å². The lowest BCUT2D eigenvalue weighted by Crippen LogP contribution is -2.04. The van der Waals surface area contributed by atoms with Crippen molar-refractivity contribution in [2.24, 2.45) is 0 Å². The van der Waals surface area contributed by atoms with E-state index in [0.29, 0.717) is 13.2 Å². The Kier molecular flexibility index (Phi) is 4.39. The van der Waals surface area contributed by atoms with Crippen molar-refractivity contribution < 1.29 is 9.47 Å². The standard InChI is InChI=1S/C9H11IO2/c1-11-6-7-12-9-5-3-2-4-8(9)10/h2-5H,6-7H2,1H3. The first kappa shape index (κ1) is 9.80. The Bertz CT molecular complexity index is 238. The van der Waals surface area contributed by atoms with Crippen molar-refractivity contribution in [1.29, 1.82) is 0 Å². The van der Waals surface area contributed by atoms with Gasteiger partial charge in [-0.05, 0) is 34.7 Å². The van der Waals surface area contributed by atoms with Crippen molar-refractivity contribution in [2.45, 2.75) is 0 Å². The van der Waals surface area contributed by atoms with Crippen LogP contribution in [0.2, 0.25) is 0 Å². The summed E-state index contributed by atoms with van der Waals surface area (Å²) in [4.78, 5) is 0. The predicted octanol–water partition coefficient (Wildman–Crippen LogP) is 2.32. The van der Waals surface area contributed by atoms with Gasteiger partial charge in [-0.1, -0.05) is 12.1 Å². The molecule has 0 aromatic heterocycles. The van der Waals surface area contributed by atoms with Gasteiger partial charge in [-0.25, -0.2) is 0 Å². The minimum atomic E-state index is 0.608. The lowest BCUT2D eigenvalue weighted by atomic mass is 10.3. The van der Waals surface area contributed by atoms with E-state index in [9.17, 15) is 0 Å². The first-order valence-corrected chi connectivity index (χ1v) is 4.78. The molecule has 0 aliphatic rings. The van der Waals surface area contributed by atoms with Crippen molar-refractivity contribution in [2.75, 3.05) is 20.3 Å². The Labute approximate surface area is 86.0 Å². The molecule has 2 nitrogen and oxygen atoms in total. The third-order valence-electron chi connectivity index (χ3n) is 1.38. The molecule has 0 spiro atoms. The fourth-order valence-corrected chi connectivity index (χ4v) is 1.34. The summed E-state index contributed by atoms with van der Waals surface area (Å²) < 4.78 is 11.5. The smallest absolute Gasteiger partial charge is 0.132 e. The number of methoxy groups -OCH3 is 1. The number of benzene rings is 1. The van der Waals surface area contributed by atoms with E-state index < -0.39 is 0 Å². The van der Waals surface area contributed by atoms with E-state index in [1.165, 1.54) is 0 Å². The van der Waals surface area contributed by atoms with Gasteiger partial charge in [0.05, 0.1) is 10.2 Å². The highest BCUT2D eigenvalue weighted by atomic mass is 127. The quantitative estimate of drug-likeness (QED) is 0.621. The third-order valence-corrected chi connectivity index (χ3v) is 2.27. The van der Waals surface area contributed by atoms with E-state index in [-0.39, 0.29) is 0 Å². The summed E-state index contributed by atoms with van der Waals surface area (Å²) in [6, 6.07) is 7.93. The molecule has 66 valence electrons. The molecule has 0 unspecified atom stereocenters. The highest BCUT2D eigenvalue weighted by molar-refractivity contribution is 14.1. The molecule has 0 atom stereocenters. The van der Waals surface area contributed by atoms with E-state index in [0.717, 1.165) is 9.32 Å². The van der Waals surface area contributed by atoms with Crippen LogP contribution in [0.4, 0.5) is 0 Å². The van der Waals surface area contributed by atoms with Crippen LogP contribution >= 0.6 is 22.6 Å².